The third-order valence-electron chi connectivity index (χ3n) is 4.64. The van der Waals surface area contributed by atoms with Crippen molar-refractivity contribution in [1.82, 2.24) is 0 Å². The van der Waals surface area contributed by atoms with Gasteiger partial charge in [0.2, 0.25) is 0 Å². The number of hydrogen-bond acceptors (Lipinski definition) is 7. The van der Waals surface area contributed by atoms with Crippen LogP contribution in [0.15, 0.2) is 0 Å². The van der Waals surface area contributed by atoms with E-state index in [1.54, 1.807) is 6.92 Å². The van der Waals surface area contributed by atoms with Crippen LogP contribution in [0.3, 0.4) is 0 Å². The molecular formula is C21H44NO7P. The normalized spacial score (nSPS) is 14.9. The van der Waals surface area contributed by atoms with Crippen molar-refractivity contribution in [3.05, 3.63) is 0 Å². The molecule has 0 radical (unpaired) electrons. The van der Waals surface area contributed by atoms with Gasteiger partial charge in [0.1, 0.15) is 13.2 Å². The van der Waals surface area contributed by atoms with E-state index < -0.39 is 14.0 Å². The number of quaternary nitrogens is 1. The number of phosphoric acid groups is 1. The predicted molar refractivity (Wildman–Crippen MR) is 116 cm³/mol. The van der Waals surface area contributed by atoms with Gasteiger partial charge in [0, 0.05) is 5.92 Å². The van der Waals surface area contributed by atoms with Crippen molar-refractivity contribution in [3.63, 3.8) is 0 Å². The molecule has 0 saturated carbocycles. The molecule has 0 aliphatic rings. The minimum absolute atomic E-state index is 0.0618. The second-order valence-electron chi connectivity index (χ2n) is 8.71. The summed E-state index contributed by atoms with van der Waals surface area (Å²) in [4.78, 5) is 23.5. The van der Waals surface area contributed by atoms with Crippen LogP contribution in [0.1, 0.15) is 71.6 Å². The first-order valence-electron chi connectivity index (χ1n) is 11.3. The molecule has 0 saturated heterocycles. The zero-order valence-corrected chi connectivity index (χ0v) is 20.6. The van der Waals surface area contributed by atoms with E-state index in [-0.39, 0.29) is 32.3 Å². The number of hydrogen-bond donors (Lipinski definition) is 0. The van der Waals surface area contributed by atoms with Crippen LogP contribution in [0.2, 0.25) is 0 Å². The first-order valence-corrected chi connectivity index (χ1v) is 12.8. The van der Waals surface area contributed by atoms with Gasteiger partial charge < -0.3 is 27.9 Å². The molecule has 180 valence electrons. The van der Waals surface area contributed by atoms with Crippen LogP contribution in [0, 0.1) is 5.92 Å². The van der Waals surface area contributed by atoms with Crippen LogP contribution in [0.25, 0.3) is 0 Å². The molecule has 0 fully saturated rings. The van der Waals surface area contributed by atoms with Gasteiger partial charge >= 0.3 is 6.16 Å². The monoisotopic (exact) mass is 453 g/mol. The van der Waals surface area contributed by atoms with Gasteiger partial charge in [-0.1, -0.05) is 58.3 Å². The summed E-state index contributed by atoms with van der Waals surface area (Å²) in [5, 5.41) is 0. The smallest absolute Gasteiger partial charge is 0.508 e. The van der Waals surface area contributed by atoms with Crippen LogP contribution in [-0.2, 0) is 23.1 Å². The summed E-state index contributed by atoms with van der Waals surface area (Å²) in [6.45, 7) is 4.73. The number of ether oxygens (including phenoxy) is 2. The molecule has 9 heteroatoms. The average Bonchev–Trinajstić information content (AvgIpc) is 2.64. The molecule has 8 nitrogen and oxygen atoms in total. The Labute approximate surface area is 183 Å². The molecule has 2 atom stereocenters. The number of likely N-dealkylation sites (N-methyl/N-ethyl adjacent to an activating group) is 1. The van der Waals surface area contributed by atoms with Crippen LogP contribution >= 0.6 is 7.82 Å². The highest BCUT2D eigenvalue weighted by Gasteiger charge is 2.18. The van der Waals surface area contributed by atoms with Crippen molar-refractivity contribution in [2.45, 2.75) is 71.6 Å². The van der Waals surface area contributed by atoms with Gasteiger partial charge in [-0.15, -0.1) is 0 Å². The van der Waals surface area contributed by atoms with Gasteiger partial charge in [0.05, 0.1) is 41.0 Å². The standard InChI is InChI=1S/C21H44NO7P/c1-6-8-9-10-11-12-13-14-15-20(18-27-21(23)26-7-2)19-29-30(24,25)28-17-16-22(3,4)5/h20H,6-19H2,1-5H3. The molecule has 0 aliphatic heterocycles. The van der Waals surface area contributed by atoms with Crippen LogP contribution in [-0.4, -0.2) is 64.8 Å². The van der Waals surface area contributed by atoms with Gasteiger partial charge in [-0.3, -0.25) is 4.57 Å². The van der Waals surface area contributed by atoms with Gasteiger partial charge in [-0.2, -0.15) is 0 Å². The Kier molecular flexibility index (Phi) is 16.6. The van der Waals surface area contributed by atoms with Crippen LogP contribution < -0.4 is 4.89 Å². The van der Waals surface area contributed by atoms with E-state index in [1.807, 2.05) is 21.1 Å². The number of phosphoric ester groups is 1. The van der Waals surface area contributed by atoms with E-state index in [1.165, 1.54) is 32.1 Å². The van der Waals surface area contributed by atoms with Crippen molar-refractivity contribution in [1.29, 1.82) is 0 Å². The first-order chi connectivity index (χ1) is 14.1. The molecule has 2 unspecified atom stereocenters. The molecular weight excluding hydrogens is 409 g/mol. The first kappa shape index (κ1) is 29.3. The Bertz CT molecular complexity index is 482. The summed E-state index contributed by atoms with van der Waals surface area (Å²) >= 11 is 0. The fraction of sp³-hybridized carbons (Fsp3) is 0.952. The molecule has 0 aliphatic carbocycles. The maximum Gasteiger partial charge on any atom is 0.508 e. The summed E-state index contributed by atoms with van der Waals surface area (Å²) in [5.41, 5.74) is 0. The number of carbonyl (C=O) groups is 1. The fourth-order valence-corrected chi connectivity index (χ4v) is 3.56. The lowest BCUT2D eigenvalue weighted by molar-refractivity contribution is -0.870. The summed E-state index contributed by atoms with van der Waals surface area (Å²) in [6.07, 6.45) is 9.41. The molecule has 0 aromatic heterocycles. The Balaban J connectivity index is 4.34. The van der Waals surface area contributed by atoms with E-state index in [2.05, 4.69) is 6.92 Å². The van der Waals surface area contributed by atoms with Crippen molar-refractivity contribution >= 4 is 14.0 Å². The van der Waals surface area contributed by atoms with Gasteiger partial charge in [0.15, 0.2) is 0 Å². The summed E-state index contributed by atoms with van der Waals surface area (Å²) in [5.74, 6) is -0.223. The Hall–Kier alpha value is -0.660. The number of rotatable bonds is 19. The third kappa shape index (κ3) is 19.3. The average molecular weight is 454 g/mol. The number of nitrogens with zero attached hydrogens (tertiary/aromatic N) is 1. The zero-order valence-electron chi connectivity index (χ0n) is 19.7. The molecule has 30 heavy (non-hydrogen) atoms. The lowest BCUT2D eigenvalue weighted by Gasteiger charge is -2.28. The number of carbonyl (C=O) groups excluding carboxylic acids is 1. The van der Waals surface area contributed by atoms with Crippen molar-refractivity contribution in [2.24, 2.45) is 5.92 Å². The van der Waals surface area contributed by atoms with Crippen molar-refractivity contribution in [2.75, 3.05) is 54.1 Å². The highest BCUT2D eigenvalue weighted by atomic mass is 31.2. The van der Waals surface area contributed by atoms with E-state index in [4.69, 9.17) is 18.5 Å². The maximum absolute atomic E-state index is 12.0. The van der Waals surface area contributed by atoms with E-state index in [0.29, 0.717) is 17.4 Å². The molecule has 0 rings (SSSR count). The largest absolute Gasteiger partial charge is 0.756 e. The fourth-order valence-electron chi connectivity index (χ4n) is 2.79. The molecule has 0 amide bonds. The topological polar surface area (TPSA) is 94.1 Å². The van der Waals surface area contributed by atoms with E-state index in [0.717, 1.165) is 19.3 Å². The lowest BCUT2D eigenvalue weighted by Crippen LogP contribution is -2.37. The minimum atomic E-state index is -4.38. The van der Waals surface area contributed by atoms with Gasteiger partial charge in [-0.05, 0) is 13.3 Å². The van der Waals surface area contributed by atoms with Gasteiger partial charge in [0.25, 0.3) is 7.82 Å². The minimum Gasteiger partial charge on any atom is -0.756 e. The quantitative estimate of drug-likeness (QED) is 0.123. The Morgan fingerprint density at radius 1 is 0.900 bits per heavy atom. The van der Waals surface area contributed by atoms with Crippen molar-refractivity contribution < 1.29 is 37.3 Å². The molecule has 0 aromatic rings. The molecule has 0 aromatic carbocycles. The molecule has 0 heterocycles. The molecule has 0 spiro atoms. The van der Waals surface area contributed by atoms with Crippen LogP contribution in [0.5, 0.6) is 0 Å². The predicted octanol–water partition coefficient (Wildman–Crippen LogP) is 4.51. The maximum atomic E-state index is 12.0. The second kappa shape index (κ2) is 17.0. The molecule has 0 N–H and O–H groups in total. The lowest BCUT2D eigenvalue weighted by atomic mass is 10.0. The number of unbranched alkanes of at least 4 members (excludes halogenated alkanes) is 7. The summed E-state index contributed by atoms with van der Waals surface area (Å²) < 4.78 is 32.4. The summed E-state index contributed by atoms with van der Waals surface area (Å²) in [6, 6.07) is 0. The van der Waals surface area contributed by atoms with E-state index >= 15 is 0 Å². The van der Waals surface area contributed by atoms with Gasteiger partial charge in [-0.25, -0.2) is 4.79 Å². The second-order valence-corrected chi connectivity index (χ2v) is 10.1. The Morgan fingerprint density at radius 2 is 1.50 bits per heavy atom. The van der Waals surface area contributed by atoms with Crippen molar-refractivity contribution in [3.8, 4) is 0 Å². The third-order valence-corrected chi connectivity index (χ3v) is 5.61. The highest BCUT2D eigenvalue weighted by Crippen LogP contribution is 2.39. The van der Waals surface area contributed by atoms with Crippen LogP contribution in [0.4, 0.5) is 4.79 Å². The Morgan fingerprint density at radius 3 is 2.07 bits per heavy atom. The SMILES string of the molecule is CCCCCCCCCCC(COC(=O)OCC)COP(=O)([O-])OCC[N+](C)(C)C. The van der Waals surface area contributed by atoms with E-state index in [9.17, 15) is 14.3 Å². The summed E-state index contributed by atoms with van der Waals surface area (Å²) in [7, 11) is 1.47. The zero-order chi connectivity index (χ0) is 22.9. The highest BCUT2D eigenvalue weighted by molar-refractivity contribution is 7.45. The molecule has 0 bridgehead atoms.